The summed E-state index contributed by atoms with van der Waals surface area (Å²) in [7, 11) is -4.06. The molecule has 13 heteroatoms. The Bertz CT molecular complexity index is 1530. The number of aromatic carboxylic acids is 1. The van der Waals surface area contributed by atoms with Gasteiger partial charge in [0.25, 0.3) is 5.91 Å². The predicted octanol–water partition coefficient (Wildman–Crippen LogP) is 3.58. The van der Waals surface area contributed by atoms with Crippen molar-refractivity contribution in [3.05, 3.63) is 68.8 Å². The van der Waals surface area contributed by atoms with Crippen molar-refractivity contribution in [2.24, 2.45) is 0 Å². The summed E-state index contributed by atoms with van der Waals surface area (Å²) in [6.07, 6.45) is 0.263. The van der Waals surface area contributed by atoms with Crippen LogP contribution in [-0.4, -0.2) is 53.7 Å². The number of nitrogens with one attached hydrogen (secondary N) is 3. The van der Waals surface area contributed by atoms with Crippen molar-refractivity contribution in [3.63, 3.8) is 0 Å². The molecule has 1 aromatic heterocycles. The lowest BCUT2D eigenvalue weighted by Crippen LogP contribution is -2.56. The zero-order chi connectivity index (χ0) is 27.1. The zero-order valence-electron chi connectivity index (χ0n) is 19.9. The Kier molecular flexibility index (Phi) is 7.26. The third-order valence-electron chi connectivity index (χ3n) is 6.54. The van der Waals surface area contributed by atoms with E-state index >= 15 is 0 Å². The maximum Gasteiger partial charge on any atom is 0.335 e. The topological polar surface area (TPSA) is 149 Å². The minimum absolute atomic E-state index is 0.0205. The number of rotatable bonds is 6. The molecule has 0 aliphatic carbocycles. The van der Waals surface area contributed by atoms with E-state index in [2.05, 4.69) is 10.3 Å². The first-order valence-electron chi connectivity index (χ1n) is 11.3. The number of hydrogen-bond acceptors (Lipinski definition) is 5. The minimum Gasteiger partial charge on any atom is -0.478 e. The Hall–Kier alpha value is -3.12. The molecule has 1 saturated heterocycles. The maximum atomic E-state index is 13.6. The quantitative estimate of drug-likeness (QED) is 0.358. The van der Waals surface area contributed by atoms with Gasteiger partial charge in [-0.05, 0) is 55.2 Å². The molecular formula is C24H24Cl2N4O6S. The SMILES string of the molecule is CC(=O)NS(=O)(=O)N1CCC(NC(=O)c2[nH]c3ccc(Cl)c(Cl)c3c2C)(c2cccc(C(=O)O)c2)CC1. The summed E-state index contributed by atoms with van der Waals surface area (Å²) in [5, 5.41) is 13.8. The fraction of sp³-hybridized carbons (Fsp3) is 0.292. The average molecular weight is 567 g/mol. The molecule has 37 heavy (non-hydrogen) atoms. The first kappa shape index (κ1) is 26.9. The summed E-state index contributed by atoms with van der Waals surface area (Å²) >= 11 is 12.5. The van der Waals surface area contributed by atoms with E-state index in [9.17, 15) is 27.9 Å². The molecule has 2 heterocycles. The highest BCUT2D eigenvalue weighted by Gasteiger charge is 2.41. The van der Waals surface area contributed by atoms with E-state index in [-0.39, 0.29) is 37.2 Å². The number of amides is 2. The lowest BCUT2D eigenvalue weighted by atomic mass is 9.80. The number of H-pyrrole nitrogens is 1. The first-order chi connectivity index (χ1) is 17.3. The summed E-state index contributed by atoms with van der Waals surface area (Å²) in [5.41, 5.74) is 0.919. The van der Waals surface area contributed by atoms with Crippen molar-refractivity contribution in [2.75, 3.05) is 13.1 Å². The Balaban J connectivity index is 1.72. The van der Waals surface area contributed by atoms with E-state index in [1.807, 2.05) is 4.72 Å². The summed E-state index contributed by atoms with van der Waals surface area (Å²) in [4.78, 5) is 39.7. The highest BCUT2D eigenvalue weighted by Crippen LogP contribution is 2.37. The fourth-order valence-electron chi connectivity index (χ4n) is 4.67. The third kappa shape index (κ3) is 5.17. The third-order valence-corrected chi connectivity index (χ3v) is 8.93. The van der Waals surface area contributed by atoms with Crippen LogP contribution in [0.1, 0.15) is 51.7 Å². The summed E-state index contributed by atoms with van der Waals surface area (Å²) in [6.45, 7) is 2.79. The van der Waals surface area contributed by atoms with Gasteiger partial charge >= 0.3 is 16.2 Å². The minimum atomic E-state index is -4.06. The van der Waals surface area contributed by atoms with E-state index in [0.29, 0.717) is 32.1 Å². The highest BCUT2D eigenvalue weighted by atomic mass is 35.5. The Labute approximate surface area is 223 Å². The van der Waals surface area contributed by atoms with Crippen LogP contribution >= 0.6 is 23.2 Å². The van der Waals surface area contributed by atoms with Crippen molar-refractivity contribution in [3.8, 4) is 0 Å². The molecule has 0 saturated carbocycles. The van der Waals surface area contributed by atoms with Crippen LogP contribution in [0.15, 0.2) is 36.4 Å². The number of piperidine rings is 1. The lowest BCUT2D eigenvalue weighted by molar-refractivity contribution is -0.117. The predicted molar refractivity (Wildman–Crippen MR) is 139 cm³/mol. The van der Waals surface area contributed by atoms with Crippen LogP contribution in [-0.2, 0) is 20.5 Å². The van der Waals surface area contributed by atoms with Crippen LogP contribution in [0.2, 0.25) is 10.0 Å². The molecule has 4 rings (SSSR count). The number of fused-ring (bicyclic) bond motifs is 1. The molecule has 0 spiro atoms. The van der Waals surface area contributed by atoms with Crippen molar-refractivity contribution >= 4 is 62.1 Å². The van der Waals surface area contributed by atoms with Gasteiger partial charge in [-0.1, -0.05) is 35.3 Å². The maximum absolute atomic E-state index is 13.6. The van der Waals surface area contributed by atoms with E-state index in [1.165, 1.54) is 12.1 Å². The number of benzene rings is 2. The lowest BCUT2D eigenvalue weighted by Gasteiger charge is -2.42. The Morgan fingerprint density at radius 2 is 1.78 bits per heavy atom. The van der Waals surface area contributed by atoms with Gasteiger partial charge < -0.3 is 15.4 Å². The van der Waals surface area contributed by atoms with Crippen LogP contribution in [0.25, 0.3) is 10.9 Å². The molecule has 3 aromatic rings. The van der Waals surface area contributed by atoms with Crippen molar-refractivity contribution in [1.82, 2.24) is 19.3 Å². The number of carbonyl (C=O) groups excluding carboxylic acids is 2. The van der Waals surface area contributed by atoms with E-state index in [1.54, 1.807) is 31.2 Å². The molecule has 1 aliphatic rings. The summed E-state index contributed by atoms with van der Waals surface area (Å²) in [5.74, 6) is -2.32. The second-order valence-electron chi connectivity index (χ2n) is 8.89. The molecule has 2 amide bonds. The summed E-state index contributed by atoms with van der Waals surface area (Å²) in [6, 6.07) is 9.50. The van der Waals surface area contributed by atoms with Crippen LogP contribution in [0, 0.1) is 6.92 Å². The first-order valence-corrected chi connectivity index (χ1v) is 13.5. The smallest absolute Gasteiger partial charge is 0.335 e. The number of aromatic nitrogens is 1. The van der Waals surface area contributed by atoms with E-state index in [4.69, 9.17) is 23.2 Å². The number of halogens is 2. The second kappa shape index (κ2) is 9.97. The van der Waals surface area contributed by atoms with Crippen molar-refractivity contribution < 1.29 is 27.9 Å². The number of nitrogens with zero attached hydrogens (tertiary/aromatic N) is 1. The van der Waals surface area contributed by atoms with Crippen LogP contribution in [0.3, 0.4) is 0 Å². The van der Waals surface area contributed by atoms with Gasteiger partial charge in [0.2, 0.25) is 5.91 Å². The van der Waals surface area contributed by atoms with Gasteiger partial charge in [0, 0.05) is 30.9 Å². The van der Waals surface area contributed by atoms with Crippen molar-refractivity contribution in [1.29, 1.82) is 0 Å². The number of carboxylic acids is 1. The molecular weight excluding hydrogens is 543 g/mol. The van der Waals surface area contributed by atoms with Gasteiger partial charge in [-0.25, -0.2) is 9.52 Å². The van der Waals surface area contributed by atoms with E-state index < -0.39 is 33.5 Å². The Morgan fingerprint density at radius 1 is 1.11 bits per heavy atom. The van der Waals surface area contributed by atoms with Gasteiger partial charge in [0.05, 0.1) is 21.1 Å². The monoisotopic (exact) mass is 566 g/mol. The fourth-order valence-corrected chi connectivity index (χ4v) is 6.29. The van der Waals surface area contributed by atoms with Gasteiger partial charge in [-0.15, -0.1) is 0 Å². The number of hydrogen-bond donors (Lipinski definition) is 4. The van der Waals surface area contributed by atoms with Gasteiger partial charge in [-0.2, -0.15) is 12.7 Å². The average Bonchev–Trinajstić information content (AvgIpc) is 3.18. The molecule has 1 aliphatic heterocycles. The molecule has 196 valence electrons. The molecule has 0 radical (unpaired) electrons. The molecule has 1 fully saturated rings. The van der Waals surface area contributed by atoms with Crippen LogP contribution in [0.4, 0.5) is 0 Å². The highest BCUT2D eigenvalue weighted by molar-refractivity contribution is 7.87. The molecule has 4 N–H and O–H groups in total. The summed E-state index contributed by atoms with van der Waals surface area (Å²) < 4.78 is 28.1. The number of aromatic amines is 1. The second-order valence-corrected chi connectivity index (χ2v) is 11.3. The van der Waals surface area contributed by atoms with Crippen molar-refractivity contribution in [2.45, 2.75) is 32.2 Å². The Morgan fingerprint density at radius 3 is 2.41 bits per heavy atom. The van der Waals surface area contributed by atoms with Gasteiger partial charge in [-0.3, -0.25) is 9.59 Å². The number of carbonyl (C=O) groups is 3. The molecule has 0 bridgehead atoms. The largest absolute Gasteiger partial charge is 0.478 e. The number of carboxylic acid groups (broad SMARTS) is 1. The van der Waals surface area contributed by atoms with Crippen LogP contribution < -0.4 is 10.0 Å². The molecule has 2 aromatic carbocycles. The molecule has 0 unspecified atom stereocenters. The standard InChI is InChI=1S/C24H24Cl2N4O6S/c1-13-19-18(7-6-17(25)20(19)26)27-21(13)22(32)28-24(16-5-3-4-15(12-16)23(33)34)8-10-30(11-9-24)37(35,36)29-14(2)31/h3-7,12,27H,8-11H2,1-2H3,(H,28,32)(H,29,31)(H,33,34). The van der Waals surface area contributed by atoms with Gasteiger partial charge in [0.15, 0.2) is 0 Å². The molecule has 0 atom stereocenters. The van der Waals surface area contributed by atoms with Gasteiger partial charge in [0.1, 0.15) is 5.69 Å². The zero-order valence-corrected chi connectivity index (χ0v) is 22.2. The number of aryl methyl sites for hydroxylation is 1. The normalized spacial score (nSPS) is 15.9. The van der Waals surface area contributed by atoms with E-state index in [0.717, 1.165) is 11.2 Å². The molecule has 10 nitrogen and oxygen atoms in total. The van der Waals surface area contributed by atoms with Crippen LogP contribution in [0.5, 0.6) is 0 Å².